The molecule has 1 aliphatic rings. The summed E-state index contributed by atoms with van der Waals surface area (Å²) in [5.74, 6) is 0.191. The highest BCUT2D eigenvalue weighted by atomic mass is 16.2. The first-order valence-electron chi connectivity index (χ1n) is 8.42. The van der Waals surface area contributed by atoms with E-state index in [-0.39, 0.29) is 5.91 Å². The molecule has 1 N–H and O–H groups in total. The molecule has 22 heavy (non-hydrogen) atoms. The molecule has 122 valence electrons. The summed E-state index contributed by atoms with van der Waals surface area (Å²) in [5, 5.41) is 3.53. The topological polar surface area (TPSA) is 35.6 Å². The first-order chi connectivity index (χ1) is 10.6. The van der Waals surface area contributed by atoms with Crippen LogP contribution in [0.25, 0.3) is 0 Å². The van der Waals surface area contributed by atoms with E-state index in [0.29, 0.717) is 6.04 Å². The monoisotopic (exact) mass is 303 g/mol. The minimum absolute atomic E-state index is 0.191. The van der Waals surface area contributed by atoms with Gasteiger partial charge in [0.2, 0.25) is 5.91 Å². The number of amides is 1. The van der Waals surface area contributed by atoms with E-state index < -0.39 is 0 Å². The molecule has 1 saturated heterocycles. The van der Waals surface area contributed by atoms with Crippen molar-refractivity contribution in [1.82, 2.24) is 9.80 Å². The van der Waals surface area contributed by atoms with Crippen LogP contribution in [0, 0.1) is 0 Å². The lowest BCUT2D eigenvalue weighted by atomic mass is 10.1. The number of piperazine rings is 1. The van der Waals surface area contributed by atoms with Crippen LogP contribution in [0.15, 0.2) is 24.3 Å². The Morgan fingerprint density at radius 1 is 1.18 bits per heavy atom. The molecule has 0 bridgehead atoms. The van der Waals surface area contributed by atoms with Gasteiger partial charge in [0.15, 0.2) is 0 Å². The summed E-state index contributed by atoms with van der Waals surface area (Å²) in [7, 11) is 0. The summed E-state index contributed by atoms with van der Waals surface area (Å²) in [6.45, 7) is 10.7. The summed E-state index contributed by atoms with van der Waals surface area (Å²) >= 11 is 0. The van der Waals surface area contributed by atoms with Crippen molar-refractivity contribution in [3.05, 3.63) is 29.8 Å². The maximum Gasteiger partial charge on any atom is 0.219 e. The van der Waals surface area contributed by atoms with Gasteiger partial charge in [-0.2, -0.15) is 0 Å². The van der Waals surface area contributed by atoms with Crippen LogP contribution in [0.5, 0.6) is 0 Å². The fourth-order valence-electron chi connectivity index (χ4n) is 2.98. The Morgan fingerprint density at radius 2 is 1.82 bits per heavy atom. The van der Waals surface area contributed by atoms with Gasteiger partial charge >= 0.3 is 0 Å². The lowest BCUT2D eigenvalue weighted by Gasteiger charge is -2.34. The Morgan fingerprint density at radius 3 is 2.36 bits per heavy atom. The molecule has 0 spiro atoms. The zero-order valence-electron chi connectivity index (χ0n) is 14.1. The van der Waals surface area contributed by atoms with Crippen molar-refractivity contribution >= 4 is 11.6 Å². The minimum Gasteiger partial charge on any atom is -0.383 e. The second-order valence-corrected chi connectivity index (χ2v) is 6.31. The van der Waals surface area contributed by atoms with E-state index >= 15 is 0 Å². The average molecular weight is 303 g/mol. The Labute approximate surface area is 134 Å². The molecule has 0 aliphatic carbocycles. The van der Waals surface area contributed by atoms with Crippen LogP contribution in [0.1, 0.15) is 39.2 Å². The minimum atomic E-state index is 0.191. The van der Waals surface area contributed by atoms with Crippen LogP contribution >= 0.6 is 0 Å². The number of carbonyl (C=O) groups is 1. The Hall–Kier alpha value is -1.55. The van der Waals surface area contributed by atoms with Gasteiger partial charge in [-0.1, -0.05) is 25.5 Å². The molecule has 1 fully saturated rings. The quantitative estimate of drug-likeness (QED) is 0.877. The van der Waals surface area contributed by atoms with Crippen molar-refractivity contribution < 1.29 is 4.79 Å². The number of anilines is 1. The molecule has 4 nitrogen and oxygen atoms in total. The van der Waals surface area contributed by atoms with E-state index in [1.54, 1.807) is 6.92 Å². The van der Waals surface area contributed by atoms with Gasteiger partial charge in [-0.25, -0.2) is 0 Å². The van der Waals surface area contributed by atoms with Crippen LogP contribution in [0.3, 0.4) is 0 Å². The summed E-state index contributed by atoms with van der Waals surface area (Å²) in [6, 6.07) is 9.28. The molecule has 1 aliphatic heterocycles. The highest BCUT2D eigenvalue weighted by molar-refractivity contribution is 5.73. The molecule has 2 rings (SSSR count). The second-order valence-electron chi connectivity index (χ2n) is 6.31. The summed E-state index contributed by atoms with van der Waals surface area (Å²) in [5.41, 5.74) is 2.54. The molecule has 1 heterocycles. The molecular formula is C18H29N3O. The van der Waals surface area contributed by atoms with Crippen molar-refractivity contribution in [2.24, 2.45) is 0 Å². The number of nitrogens with zero attached hydrogens (tertiary/aromatic N) is 2. The van der Waals surface area contributed by atoms with Crippen molar-refractivity contribution in [1.29, 1.82) is 0 Å². The third kappa shape index (κ3) is 5.02. The number of carbonyl (C=O) groups excluding carboxylic acids is 1. The first-order valence-corrected chi connectivity index (χ1v) is 8.42. The number of rotatable bonds is 6. The number of nitrogens with one attached hydrogen (secondary N) is 1. The highest BCUT2D eigenvalue weighted by Crippen LogP contribution is 2.15. The van der Waals surface area contributed by atoms with Crippen molar-refractivity contribution in [2.45, 2.75) is 46.2 Å². The maximum atomic E-state index is 11.3. The van der Waals surface area contributed by atoms with Gasteiger partial charge in [0.05, 0.1) is 0 Å². The van der Waals surface area contributed by atoms with Gasteiger partial charge in [-0.15, -0.1) is 0 Å². The highest BCUT2D eigenvalue weighted by Gasteiger charge is 2.18. The zero-order valence-corrected chi connectivity index (χ0v) is 14.1. The molecular weight excluding hydrogens is 274 g/mol. The van der Waals surface area contributed by atoms with Crippen LogP contribution < -0.4 is 5.32 Å². The van der Waals surface area contributed by atoms with Crippen LogP contribution in [0.4, 0.5) is 5.69 Å². The molecule has 0 radical (unpaired) electrons. The number of hydrogen-bond donors (Lipinski definition) is 1. The van der Waals surface area contributed by atoms with E-state index in [9.17, 15) is 4.79 Å². The van der Waals surface area contributed by atoms with Crippen LogP contribution in [-0.4, -0.2) is 47.9 Å². The lowest BCUT2D eigenvalue weighted by molar-refractivity contribution is -0.130. The van der Waals surface area contributed by atoms with Crippen LogP contribution in [-0.2, 0) is 11.3 Å². The average Bonchev–Trinajstić information content (AvgIpc) is 2.50. The molecule has 1 aromatic carbocycles. The predicted octanol–water partition coefficient (Wildman–Crippen LogP) is 2.95. The van der Waals surface area contributed by atoms with Gasteiger partial charge in [0.25, 0.3) is 0 Å². The van der Waals surface area contributed by atoms with Crippen molar-refractivity contribution in [2.75, 3.05) is 31.5 Å². The van der Waals surface area contributed by atoms with Crippen molar-refractivity contribution in [3.8, 4) is 0 Å². The fraction of sp³-hybridized carbons (Fsp3) is 0.611. The first kappa shape index (κ1) is 16.8. The van der Waals surface area contributed by atoms with Gasteiger partial charge in [0.1, 0.15) is 0 Å². The molecule has 1 aromatic rings. The Bertz CT molecular complexity index is 464. The molecule has 0 saturated carbocycles. The van der Waals surface area contributed by atoms with Gasteiger partial charge in [-0.3, -0.25) is 9.69 Å². The van der Waals surface area contributed by atoms with Gasteiger partial charge in [-0.05, 0) is 31.0 Å². The van der Waals surface area contributed by atoms with E-state index in [1.165, 1.54) is 24.1 Å². The van der Waals surface area contributed by atoms with Crippen molar-refractivity contribution in [3.63, 3.8) is 0 Å². The van der Waals surface area contributed by atoms with E-state index in [2.05, 4.69) is 48.3 Å². The molecule has 1 amide bonds. The summed E-state index contributed by atoms with van der Waals surface area (Å²) in [4.78, 5) is 15.7. The smallest absolute Gasteiger partial charge is 0.219 e. The van der Waals surface area contributed by atoms with Gasteiger partial charge < -0.3 is 10.2 Å². The molecule has 0 aromatic heterocycles. The Balaban J connectivity index is 1.80. The van der Waals surface area contributed by atoms with Gasteiger partial charge in [0, 0.05) is 51.4 Å². The second kappa shape index (κ2) is 8.18. The molecule has 1 unspecified atom stereocenters. The third-order valence-electron chi connectivity index (χ3n) is 4.31. The summed E-state index contributed by atoms with van der Waals surface area (Å²) in [6.07, 6.45) is 2.40. The van der Waals surface area contributed by atoms with E-state index in [1.807, 2.05) is 4.90 Å². The summed E-state index contributed by atoms with van der Waals surface area (Å²) < 4.78 is 0. The largest absolute Gasteiger partial charge is 0.383 e. The standard InChI is InChI=1S/C18H29N3O/c1-4-5-15(2)19-18-8-6-17(7-9-18)14-20-10-12-21(13-11-20)16(3)22/h6-9,15,19H,4-5,10-14H2,1-3H3. The molecule has 1 atom stereocenters. The van der Waals surface area contributed by atoms with E-state index in [0.717, 1.165) is 32.7 Å². The lowest BCUT2D eigenvalue weighted by Crippen LogP contribution is -2.47. The third-order valence-corrected chi connectivity index (χ3v) is 4.31. The van der Waals surface area contributed by atoms with E-state index in [4.69, 9.17) is 0 Å². The molecule has 4 heteroatoms. The fourth-order valence-corrected chi connectivity index (χ4v) is 2.98. The SMILES string of the molecule is CCCC(C)Nc1ccc(CN2CCN(C(C)=O)CC2)cc1. The Kier molecular flexibility index (Phi) is 6.25. The normalized spacial score (nSPS) is 17.3. The zero-order chi connectivity index (χ0) is 15.9. The van der Waals surface area contributed by atoms with Crippen LogP contribution in [0.2, 0.25) is 0 Å². The number of benzene rings is 1. The maximum absolute atomic E-state index is 11.3. The predicted molar refractivity (Wildman–Crippen MR) is 92.0 cm³/mol. The number of hydrogen-bond acceptors (Lipinski definition) is 3.